The second kappa shape index (κ2) is 8.39. The van der Waals surface area contributed by atoms with Crippen molar-refractivity contribution in [3.8, 4) is 0 Å². The summed E-state index contributed by atoms with van der Waals surface area (Å²) in [7, 11) is 0. The van der Waals surface area contributed by atoms with Gasteiger partial charge in [0.2, 0.25) is 0 Å². The highest BCUT2D eigenvalue weighted by Crippen LogP contribution is 2.29. The molecular formula is C21H18ClFN4OS. The average molecular weight is 429 g/mol. The van der Waals surface area contributed by atoms with Crippen molar-refractivity contribution in [1.82, 2.24) is 15.0 Å². The van der Waals surface area contributed by atoms with E-state index in [4.69, 9.17) is 11.6 Å². The molecule has 0 bridgehead atoms. The largest absolute Gasteiger partial charge is 0.343 e. The Morgan fingerprint density at radius 1 is 1.28 bits per heavy atom. The fourth-order valence-corrected chi connectivity index (χ4v) is 4.16. The number of anilines is 1. The van der Waals surface area contributed by atoms with Crippen LogP contribution in [0.1, 0.15) is 35.1 Å². The molecule has 148 valence electrons. The minimum Gasteiger partial charge on any atom is -0.343 e. The molecule has 2 aromatic heterocycles. The van der Waals surface area contributed by atoms with Gasteiger partial charge in [0.15, 0.2) is 10.9 Å². The maximum Gasteiger partial charge on any atom is 0.185 e. The van der Waals surface area contributed by atoms with Crippen LogP contribution in [0.3, 0.4) is 0 Å². The van der Waals surface area contributed by atoms with Crippen molar-refractivity contribution in [3.05, 3.63) is 75.5 Å². The minimum absolute atomic E-state index is 0.0136. The van der Waals surface area contributed by atoms with Crippen molar-refractivity contribution in [1.29, 1.82) is 0 Å². The first-order chi connectivity index (χ1) is 14.0. The van der Waals surface area contributed by atoms with Crippen LogP contribution in [0, 0.1) is 5.82 Å². The third-order valence-corrected chi connectivity index (χ3v) is 6.06. The van der Waals surface area contributed by atoms with Gasteiger partial charge in [-0.1, -0.05) is 17.2 Å². The topological polar surface area (TPSA) is 59.0 Å². The van der Waals surface area contributed by atoms with E-state index in [9.17, 15) is 9.18 Å². The van der Waals surface area contributed by atoms with Crippen LogP contribution in [-0.4, -0.2) is 33.8 Å². The second-order valence-electron chi connectivity index (χ2n) is 6.86. The van der Waals surface area contributed by atoms with Crippen LogP contribution in [0.4, 0.5) is 9.52 Å². The van der Waals surface area contributed by atoms with Gasteiger partial charge >= 0.3 is 0 Å². The first-order valence-electron chi connectivity index (χ1n) is 9.14. The normalized spacial score (nSPS) is 14.4. The van der Waals surface area contributed by atoms with Crippen LogP contribution in [0.15, 0.2) is 47.7 Å². The monoisotopic (exact) mass is 428 g/mol. The number of rotatable bonds is 5. The molecule has 0 N–H and O–H groups in total. The van der Waals surface area contributed by atoms with Gasteiger partial charge in [-0.3, -0.25) is 14.8 Å². The molecule has 0 amide bonds. The molecule has 4 rings (SSSR count). The quantitative estimate of drug-likeness (QED) is 0.544. The van der Waals surface area contributed by atoms with E-state index in [1.165, 1.54) is 17.7 Å². The number of ketones is 1. The van der Waals surface area contributed by atoms with Crippen molar-refractivity contribution in [2.75, 3.05) is 18.0 Å². The van der Waals surface area contributed by atoms with Gasteiger partial charge in [-0.15, -0.1) is 11.3 Å². The van der Waals surface area contributed by atoms with Gasteiger partial charge in [0.05, 0.1) is 29.0 Å². The number of halogens is 2. The molecular weight excluding hydrogens is 411 g/mol. The van der Waals surface area contributed by atoms with E-state index in [-0.39, 0.29) is 22.8 Å². The predicted molar refractivity (Wildman–Crippen MR) is 113 cm³/mol. The molecule has 29 heavy (non-hydrogen) atoms. The Morgan fingerprint density at radius 3 is 2.86 bits per heavy atom. The third kappa shape index (κ3) is 4.36. The van der Waals surface area contributed by atoms with Crippen molar-refractivity contribution >= 4 is 39.4 Å². The number of nitrogens with zero attached hydrogens (tertiary/aromatic N) is 4. The van der Waals surface area contributed by atoms with E-state index in [0.29, 0.717) is 5.69 Å². The minimum atomic E-state index is -0.497. The standard InChI is InChI=1S/C21H18ClFN4OS/c1-13-4-6-27(21-24-5-7-29-21)12-17(13)19-11-25-15(10-26-19)9-20(28)16-8-14(23)2-3-18(16)22/h2-3,5,7-8,10-11H,4,6,9,12H2,1H3. The summed E-state index contributed by atoms with van der Waals surface area (Å²) in [6.07, 6.45) is 6.05. The summed E-state index contributed by atoms with van der Waals surface area (Å²) in [5, 5.41) is 3.19. The lowest BCUT2D eigenvalue weighted by molar-refractivity contribution is 0.0991. The Balaban J connectivity index is 1.50. The Kier molecular flexibility index (Phi) is 5.69. The van der Waals surface area contributed by atoms with Crippen molar-refractivity contribution < 1.29 is 9.18 Å². The van der Waals surface area contributed by atoms with Gasteiger partial charge in [-0.25, -0.2) is 9.37 Å². The lowest BCUT2D eigenvalue weighted by Gasteiger charge is -2.29. The number of thiazole rings is 1. The number of benzene rings is 1. The number of Topliss-reactive ketones (excluding diaryl/α,β-unsaturated/α-hetero) is 1. The third-order valence-electron chi connectivity index (χ3n) is 4.90. The van der Waals surface area contributed by atoms with Gasteiger partial charge in [0.25, 0.3) is 0 Å². The summed E-state index contributed by atoms with van der Waals surface area (Å²) in [4.78, 5) is 28.0. The average Bonchev–Trinajstić information content (AvgIpc) is 3.26. The molecule has 0 radical (unpaired) electrons. The molecule has 1 aliphatic heterocycles. The molecule has 0 saturated heterocycles. The SMILES string of the molecule is CC1=C(c2cnc(CC(=O)c3cc(F)ccc3Cl)cn2)CN(c2nccs2)CC1. The van der Waals surface area contributed by atoms with Gasteiger partial charge in [0.1, 0.15) is 5.82 Å². The van der Waals surface area contributed by atoms with Crippen molar-refractivity contribution in [2.45, 2.75) is 19.8 Å². The maximum atomic E-state index is 13.4. The molecule has 3 heterocycles. The van der Waals surface area contributed by atoms with E-state index in [1.807, 2.05) is 5.38 Å². The lowest BCUT2D eigenvalue weighted by atomic mass is 9.99. The summed E-state index contributed by atoms with van der Waals surface area (Å²) >= 11 is 7.64. The Bertz CT molecular complexity index is 1070. The fraction of sp³-hybridized carbons (Fsp3) is 0.238. The van der Waals surface area contributed by atoms with Crippen LogP contribution < -0.4 is 4.90 Å². The summed E-state index contributed by atoms with van der Waals surface area (Å²) < 4.78 is 13.4. The summed E-state index contributed by atoms with van der Waals surface area (Å²) in [6.45, 7) is 3.77. The van der Waals surface area contributed by atoms with Crippen molar-refractivity contribution in [3.63, 3.8) is 0 Å². The smallest absolute Gasteiger partial charge is 0.185 e. The van der Waals surface area contributed by atoms with E-state index in [0.717, 1.165) is 42.0 Å². The Hall–Kier alpha value is -2.64. The van der Waals surface area contributed by atoms with Crippen LogP contribution in [0.25, 0.3) is 5.57 Å². The molecule has 0 spiro atoms. The van der Waals surface area contributed by atoms with E-state index in [1.54, 1.807) is 29.9 Å². The van der Waals surface area contributed by atoms with Crippen LogP contribution in [0.5, 0.6) is 0 Å². The Labute approximate surface area is 176 Å². The highest BCUT2D eigenvalue weighted by molar-refractivity contribution is 7.13. The molecule has 5 nitrogen and oxygen atoms in total. The highest BCUT2D eigenvalue weighted by atomic mass is 35.5. The van der Waals surface area contributed by atoms with Crippen LogP contribution in [-0.2, 0) is 6.42 Å². The number of carbonyl (C=O) groups excluding carboxylic acids is 1. The van der Waals surface area contributed by atoms with Gasteiger partial charge in [0, 0.05) is 36.4 Å². The molecule has 3 aromatic rings. The zero-order valence-electron chi connectivity index (χ0n) is 15.7. The van der Waals surface area contributed by atoms with Crippen molar-refractivity contribution in [2.24, 2.45) is 0 Å². The number of hydrogen-bond donors (Lipinski definition) is 0. The summed E-state index contributed by atoms with van der Waals surface area (Å²) in [5.41, 5.74) is 3.88. The highest BCUT2D eigenvalue weighted by Gasteiger charge is 2.21. The van der Waals surface area contributed by atoms with E-state index >= 15 is 0 Å². The molecule has 0 atom stereocenters. The molecule has 0 unspecified atom stereocenters. The predicted octanol–water partition coefficient (Wildman–Crippen LogP) is 4.83. The first-order valence-corrected chi connectivity index (χ1v) is 10.4. The first kappa shape index (κ1) is 19.7. The molecule has 8 heteroatoms. The fourth-order valence-electron chi connectivity index (χ4n) is 3.27. The molecule has 1 aliphatic rings. The summed E-state index contributed by atoms with van der Waals surface area (Å²) in [6, 6.07) is 3.75. The number of aromatic nitrogens is 3. The van der Waals surface area contributed by atoms with E-state index in [2.05, 4.69) is 26.8 Å². The molecule has 0 aliphatic carbocycles. The van der Waals surface area contributed by atoms with Gasteiger partial charge in [-0.05, 0) is 37.1 Å². The number of hydrogen-bond acceptors (Lipinski definition) is 6. The molecule has 0 fully saturated rings. The number of carbonyl (C=O) groups is 1. The zero-order valence-corrected chi connectivity index (χ0v) is 17.3. The van der Waals surface area contributed by atoms with Gasteiger partial charge < -0.3 is 4.90 Å². The van der Waals surface area contributed by atoms with Crippen LogP contribution >= 0.6 is 22.9 Å². The zero-order chi connectivity index (χ0) is 20.4. The van der Waals surface area contributed by atoms with Crippen LogP contribution in [0.2, 0.25) is 5.02 Å². The van der Waals surface area contributed by atoms with Gasteiger partial charge in [-0.2, -0.15) is 0 Å². The molecule has 1 aromatic carbocycles. The Morgan fingerprint density at radius 2 is 2.14 bits per heavy atom. The maximum absolute atomic E-state index is 13.4. The van der Waals surface area contributed by atoms with E-state index < -0.39 is 5.82 Å². The second-order valence-corrected chi connectivity index (χ2v) is 8.14. The lowest BCUT2D eigenvalue weighted by Crippen LogP contribution is -2.31. The molecule has 0 saturated carbocycles. The summed E-state index contributed by atoms with van der Waals surface area (Å²) in [5.74, 6) is -0.789.